The van der Waals surface area contributed by atoms with Crippen LogP contribution in [0, 0.1) is 6.92 Å². The van der Waals surface area contributed by atoms with Gasteiger partial charge in [-0.3, -0.25) is 0 Å². The molecule has 0 aromatic heterocycles. The smallest absolute Gasteiger partial charge is 0.321 e. The second-order valence-electron chi connectivity index (χ2n) is 7.92. The second-order valence-corrected chi connectivity index (χ2v) is 7.92. The molecule has 2 aliphatic heterocycles. The highest BCUT2D eigenvalue weighted by atomic mass is 16.5. The van der Waals surface area contributed by atoms with Gasteiger partial charge in [-0.15, -0.1) is 0 Å². The van der Waals surface area contributed by atoms with E-state index in [1.54, 1.807) is 30.0 Å². The molecule has 2 aliphatic rings. The van der Waals surface area contributed by atoms with Crippen LogP contribution in [0.15, 0.2) is 18.2 Å². The third-order valence-corrected chi connectivity index (χ3v) is 5.43. The van der Waals surface area contributed by atoms with Crippen LogP contribution in [0.5, 0.6) is 0 Å². The van der Waals surface area contributed by atoms with E-state index in [1.807, 2.05) is 19.1 Å². The van der Waals surface area contributed by atoms with Crippen molar-refractivity contribution in [1.82, 2.24) is 9.80 Å². The number of hydrogen-bond donors (Lipinski definition) is 2. The van der Waals surface area contributed by atoms with Crippen molar-refractivity contribution < 1.29 is 19.1 Å². The molecule has 1 aromatic carbocycles. The number of likely N-dealkylation sites (N-methyl/N-ethyl adjacent to an activating group) is 2. The van der Waals surface area contributed by atoms with Gasteiger partial charge in [-0.05, 0) is 50.3 Å². The number of hydrogen-bond acceptors (Lipinski definition) is 4. The van der Waals surface area contributed by atoms with Gasteiger partial charge in [-0.1, -0.05) is 6.07 Å². The van der Waals surface area contributed by atoms with Crippen LogP contribution in [0.4, 0.5) is 21.0 Å². The molecule has 2 N–H and O–H groups in total. The van der Waals surface area contributed by atoms with Crippen molar-refractivity contribution in [3.05, 3.63) is 23.8 Å². The van der Waals surface area contributed by atoms with Gasteiger partial charge in [-0.2, -0.15) is 0 Å². The molecule has 0 unspecified atom stereocenters. The molecular weight excluding hydrogens is 372 g/mol. The molecule has 8 nitrogen and oxygen atoms in total. The average Bonchev–Trinajstić information content (AvgIpc) is 3.38. The summed E-state index contributed by atoms with van der Waals surface area (Å²) in [6.45, 7) is 4.58. The van der Waals surface area contributed by atoms with Crippen molar-refractivity contribution in [1.29, 1.82) is 0 Å². The SMILES string of the molecule is Cc1ccc(NC(=O)N(C)C[C@@H]2CCCO2)cc1NC(=O)N(C)C[C@@H]1CCCO1. The Labute approximate surface area is 172 Å². The minimum Gasteiger partial charge on any atom is -0.376 e. The lowest BCUT2D eigenvalue weighted by Gasteiger charge is -2.23. The Kier molecular flexibility index (Phi) is 7.33. The summed E-state index contributed by atoms with van der Waals surface area (Å²) < 4.78 is 11.2. The van der Waals surface area contributed by atoms with Crippen LogP contribution in [0.2, 0.25) is 0 Å². The molecule has 0 saturated carbocycles. The maximum Gasteiger partial charge on any atom is 0.321 e. The lowest BCUT2D eigenvalue weighted by Crippen LogP contribution is -2.37. The van der Waals surface area contributed by atoms with Gasteiger partial charge >= 0.3 is 12.1 Å². The van der Waals surface area contributed by atoms with E-state index in [-0.39, 0.29) is 24.3 Å². The maximum absolute atomic E-state index is 12.5. The minimum absolute atomic E-state index is 0.108. The Bertz CT molecular complexity index is 715. The first kappa shape index (κ1) is 21.4. The van der Waals surface area contributed by atoms with Crippen LogP contribution in [-0.2, 0) is 9.47 Å². The Hall–Kier alpha value is -2.32. The second kappa shape index (κ2) is 9.93. The lowest BCUT2D eigenvalue weighted by molar-refractivity contribution is 0.0894. The Balaban J connectivity index is 1.55. The molecule has 0 spiro atoms. The summed E-state index contributed by atoms with van der Waals surface area (Å²) >= 11 is 0. The number of nitrogens with one attached hydrogen (secondary N) is 2. The van der Waals surface area contributed by atoms with Crippen molar-refractivity contribution >= 4 is 23.4 Å². The summed E-state index contributed by atoms with van der Waals surface area (Å²) in [6, 6.07) is 5.11. The monoisotopic (exact) mass is 404 g/mol. The normalized spacial score (nSPS) is 21.1. The van der Waals surface area contributed by atoms with E-state index < -0.39 is 0 Å². The largest absolute Gasteiger partial charge is 0.376 e. The zero-order chi connectivity index (χ0) is 20.8. The molecule has 3 rings (SSSR count). The van der Waals surface area contributed by atoms with Crippen LogP contribution >= 0.6 is 0 Å². The molecule has 8 heteroatoms. The number of anilines is 2. The van der Waals surface area contributed by atoms with Gasteiger partial charge in [0.15, 0.2) is 0 Å². The van der Waals surface area contributed by atoms with E-state index in [4.69, 9.17) is 9.47 Å². The fourth-order valence-corrected chi connectivity index (χ4v) is 3.62. The van der Waals surface area contributed by atoms with Gasteiger partial charge in [-0.25, -0.2) is 9.59 Å². The highest BCUT2D eigenvalue weighted by molar-refractivity contribution is 5.93. The number of nitrogens with zero attached hydrogens (tertiary/aromatic N) is 2. The third kappa shape index (κ3) is 6.08. The van der Waals surface area contributed by atoms with Gasteiger partial charge in [0.1, 0.15) is 0 Å². The van der Waals surface area contributed by atoms with Crippen LogP contribution < -0.4 is 10.6 Å². The fourth-order valence-electron chi connectivity index (χ4n) is 3.62. The third-order valence-electron chi connectivity index (χ3n) is 5.43. The summed E-state index contributed by atoms with van der Waals surface area (Å²) in [5.74, 6) is 0. The summed E-state index contributed by atoms with van der Waals surface area (Å²) in [5.41, 5.74) is 2.24. The van der Waals surface area contributed by atoms with Crippen LogP contribution in [0.3, 0.4) is 0 Å². The van der Waals surface area contributed by atoms with Crippen molar-refractivity contribution in [3.8, 4) is 0 Å². The van der Waals surface area contributed by atoms with E-state index in [2.05, 4.69) is 10.6 Å². The van der Waals surface area contributed by atoms with E-state index in [0.29, 0.717) is 24.5 Å². The van der Waals surface area contributed by atoms with E-state index in [1.165, 1.54) is 0 Å². The number of aryl methyl sites for hydroxylation is 1. The van der Waals surface area contributed by atoms with Crippen molar-refractivity contribution in [2.75, 3.05) is 51.0 Å². The summed E-state index contributed by atoms with van der Waals surface area (Å²) in [7, 11) is 3.52. The highest BCUT2D eigenvalue weighted by Crippen LogP contribution is 2.22. The number of carbonyl (C=O) groups is 2. The molecule has 0 radical (unpaired) electrons. The Morgan fingerprint density at radius 1 is 0.966 bits per heavy atom. The molecule has 1 aromatic rings. The first-order valence-electron chi connectivity index (χ1n) is 10.3. The summed E-state index contributed by atoms with van der Waals surface area (Å²) in [4.78, 5) is 28.3. The van der Waals surface area contributed by atoms with E-state index in [0.717, 1.165) is 44.5 Å². The topological polar surface area (TPSA) is 83.1 Å². The first-order valence-corrected chi connectivity index (χ1v) is 10.3. The van der Waals surface area contributed by atoms with Gasteiger partial charge in [0, 0.05) is 51.8 Å². The maximum atomic E-state index is 12.5. The zero-order valence-corrected chi connectivity index (χ0v) is 17.6. The first-order chi connectivity index (χ1) is 13.9. The van der Waals surface area contributed by atoms with E-state index >= 15 is 0 Å². The number of ether oxygens (including phenoxy) is 2. The van der Waals surface area contributed by atoms with Crippen LogP contribution in [-0.4, -0.2) is 74.5 Å². The molecule has 160 valence electrons. The van der Waals surface area contributed by atoms with Crippen molar-refractivity contribution in [2.45, 2.75) is 44.8 Å². The average molecular weight is 405 g/mol. The van der Waals surface area contributed by atoms with Crippen molar-refractivity contribution in [2.24, 2.45) is 0 Å². The van der Waals surface area contributed by atoms with Gasteiger partial charge in [0.25, 0.3) is 0 Å². The molecule has 4 amide bonds. The number of carbonyl (C=O) groups excluding carboxylic acids is 2. The minimum atomic E-state index is -0.197. The van der Waals surface area contributed by atoms with Crippen LogP contribution in [0.25, 0.3) is 0 Å². The molecule has 0 bridgehead atoms. The molecule has 2 saturated heterocycles. The Morgan fingerprint density at radius 3 is 2.03 bits per heavy atom. The molecular formula is C21H32N4O4. The van der Waals surface area contributed by atoms with E-state index in [9.17, 15) is 9.59 Å². The quantitative estimate of drug-likeness (QED) is 0.762. The summed E-state index contributed by atoms with van der Waals surface area (Å²) in [5, 5.41) is 5.82. The summed E-state index contributed by atoms with van der Waals surface area (Å²) in [6.07, 6.45) is 4.27. The van der Waals surface area contributed by atoms with Gasteiger partial charge in [0.2, 0.25) is 0 Å². The molecule has 0 aliphatic carbocycles. The number of benzene rings is 1. The number of rotatable bonds is 6. The van der Waals surface area contributed by atoms with Crippen LogP contribution in [0.1, 0.15) is 31.2 Å². The van der Waals surface area contributed by atoms with Gasteiger partial charge < -0.3 is 29.9 Å². The standard InChI is InChI=1S/C21H32N4O4/c1-15-8-9-16(22-20(26)24(2)13-17-6-4-10-28-17)12-19(15)23-21(27)25(3)14-18-7-5-11-29-18/h8-9,12,17-18H,4-7,10-11,13-14H2,1-3H3,(H,22,26)(H,23,27)/t17-,18-/m0/s1. The molecule has 2 atom stereocenters. The Morgan fingerprint density at radius 2 is 1.52 bits per heavy atom. The highest BCUT2D eigenvalue weighted by Gasteiger charge is 2.22. The molecule has 2 heterocycles. The fraction of sp³-hybridized carbons (Fsp3) is 0.619. The molecule has 29 heavy (non-hydrogen) atoms. The predicted octanol–water partition coefficient (Wildman–Crippen LogP) is 3.28. The van der Waals surface area contributed by atoms with Crippen molar-refractivity contribution in [3.63, 3.8) is 0 Å². The number of amides is 4. The molecule has 2 fully saturated rings. The van der Waals surface area contributed by atoms with Gasteiger partial charge in [0.05, 0.1) is 12.2 Å². The predicted molar refractivity (Wildman–Crippen MR) is 112 cm³/mol. The zero-order valence-electron chi connectivity index (χ0n) is 17.6. The lowest BCUT2D eigenvalue weighted by atomic mass is 10.2. The number of urea groups is 2.